The molecule has 106 valence electrons. The average molecular weight is 283 g/mol. The highest BCUT2D eigenvalue weighted by molar-refractivity contribution is 7.14. The highest BCUT2D eigenvalue weighted by Crippen LogP contribution is 2.22. The molecule has 0 bridgehead atoms. The number of carbonyl (C=O) groups excluding carboxylic acids is 1. The second-order valence-corrected chi connectivity index (χ2v) is 5.81. The van der Waals surface area contributed by atoms with Gasteiger partial charge in [-0.25, -0.2) is 4.79 Å². The molecule has 4 nitrogen and oxygen atoms in total. The number of aliphatic carboxylic acids is 1. The van der Waals surface area contributed by atoms with Gasteiger partial charge in [0.25, 0.3) is 5.91 Å². The molecule has 1 heterocycles. The number of unbranched alkanes of at least 4 members (excludes halogenated alkanes) is 1. The van der Waals surface area contributed by atoms with Crippen LogP contribution in [-0.4, -0.2) is 23.0 Å². The SMILES string of the molecule is CCCC[C@H](NC(=O)c1cc(CC)c(C)s1)C(=O)O. The Labute approximate surface area is 117 Å². The fourth-order valence-corrected chi connectivity index (χ4v) is 2.89. The molecule has 0 aliphatic heterocycles. The van der Waals surface area contributed by atoms with Gasteiger partial charge in [0.15, 0.2) is 0 Å². The number of nitrogens with one attached hydrogen (secondary N) is 1. The largest absolute Gasteiger partial charge is 0.480 e. The van der Waals surface area contributed by atoms with E-state index >= 15 is 0 Å². The van der Waals surface area contributed by atoms with E-state index < -0.39 is 12.0 Å². The van der Waals surface area contributed by atoms with Crippen molar-refractivity contribution in [3.05, 3.63) is 21.4 Å². The van der Waals surface area contributed by atoms with E-state index in [9.17, 15) is 9.59 Å². The molecule has 0 fully saturated rings. The van der Waals surface area contributed by atoms with Crippen molar-refractivity contribution in [2.75, 3.05) is 0 Å². The summed E-state index contributed by atoms with van der Waals surface area (Å²) >= 11 is 1.42. The van der Waals surface area contributed by atoms with Crippen molar-refractivity contribution in [2.24, 2.45) is 0 Å². The molecule has 1 aromatic rings. The number of rotatable bonds is 7. The van der Waals surface area contributed by atoms with Crippen molar-refractivity contribution >= 4 is 23.2 Å². The van der Waals surface area contributed by atoms with Crippen molar-refractivity contribution in [1.29, 1.82) is 0 Å². The molecule has 5 heteroatoms. The Kier molecular flexibility index (Phi) is 6.02. The highest BCUT2D eigenvalue weighted by atomic mass is 32.1. The van der Waals surface area contributed by atoms with Gasteiger partial charge >= 0.3 is 5.97 Å². The molecule has 19 heavy (non-hydrogen) atoms. The number of carboxylic acids is 1. The predicted molar refractivity (Wildman–Crippen MR) is 76.8 cm³/mol. The second-order valence-electron chi connectivity index (χ2n) is 4.55. The summed E-state index contributed by atoms with van der Waals surface area (Å²) in [5.41, 5.74) is 1.15. The van der Waals surface area contributed by atoms with Gasteiger partial charge in [0.1, 0.15) is 6.04 Å². The Hall–Kier alpha value is -1.36. The summed E-state index contributed by atoms with van der Waals surface area (Å²) < 4.78 is 0. The first-order valence-electron chi connectivity index (χ1n) is 6.62. The van der Waals surface area contributed by atoms with Crippen molar-refractivity contribution in [2.45, 2.75) is 52.5 Å². The van der Waals surface area contributed by atoms with E-state index in [1.54, 1.807) is 0 Å². The summed E-state index contributed by atoms with van der Waals surface area (Å²) in [6.45, 7) is 6.01. The minimum atomic E-state index is -0.967. The normalized spacial score (nSPS) is 12.2. The van der Waals surface area contributed by atoms with Crippen LogP contribution in [0.3, 0.4) is 0 Å². The Balaban J connectivity index is 2.72. The lowest BCUT2D eigenvalue weighted by molar-refractivity contribution is -0.139. The minimum absolute atomic E-state index is 0.281. The summed E-state index contributed by atoms with van der Waals surface area (Å²) in [6.07, 6.45) is 3.06. The summed E-state index contributed by atoms with van der Waals surface area (Å²) in [4.78, 5) is 24.8. The number of carboxylic acid groups (broad SMARTS) is 1. The molecule has 1 aromatic heterocycles. The molecule has 0 radical (unpaired) electrons. The maximum absolute atomic E-state index is 12.0. The molecule has 1 atom stereocenters. The quantitative estimate of drug-likeness (QED) is 0.808. The number of thiophene rings is 1. The maximum atomic E-state index is 12.0. The van der Waals surface area contributed by atoms with E-state index in [0.29, 0.717) is 11.3 Å². The smallest absolute Gasteiger partial charge is 0.326 e. The van der Waals surface area contributed by atoms with E-state index in [-0.39, 0.29) is 5.91 Å². The van der Waals surface area contributed by atoms with Crippen molar-refractivity contribution in [3.63, 3.8) is 0 Å². The van der Waals surface area contributed by atoms with E-state index in [2.05, 4.69) is 5.32 Å². The van der Waals surface area contributed by atoms with Gasteiger partial charge in [-0.3, -0.25) is 4.79 Å². The molecule has 0 spiro atoms. The Morgan fingerprint density at radius 2 is 2.11 bits per heavy atom. The van der Waals surface area contributed by atoms with Crippen LogP contribution >= 0.6 is 11.3 Å². The Bertz CT molecular complexity index is 454. The third kappa shape index (κ3) is 4.35. The molecule has 0 aliphatic carbocycles. The number of hydrogen-bond donors (Lipinski definition) is 2. The van der Waals surface area contributed by atoms with Gasteiger partial charge in [-0.05, 0) is 31.4 Å². The molecular weight excluding hydrogens is 262 g/mol. The second kappa shape index (κ2) is 7.28. The third-order valence-electron chi connectivity index (χ3n) is 3.08. The molecule has 1 rings (SSSR count). The van der Waals surface area contributed by atoms with Crippen LogP contribution < -0.4 is 5.32 Å². The van der Waals surface area contributed by atoms with Gasteiger partial charge < -0.3 is 10.4 Å². The van der Waals surface area contributed by atoms with Gasteiger partial charge in [-0.1, -0.05) is 26.7 Å². The van der Waals surface area contributed by atoms with Crippen molar-refractivity contribution in [3.8, 4) is 0 Å². The van der Waals surface area contributed by atoms with Gasteiger partial charge in [-0.15, -0.1) is 11.3 Å². The van der Waals surface area contributed by atoms with Crippen LogP contribution in [-0.2, 0) is 11.2 Å². The molecule has 0 unspecified atom stereocenters. The monoisotopic (exact) mass is 283 g/mol. The van der Waals surface area contributed by atoms with Gasteiger partial charge in [0.2, 0.25) is 0 Å². The average Bonchev–Trinajstić information content (AvgIpc) is 2.75. The molecule has 0 aromatic carbocycles. The lowest BCUT2D eigenvalue weighted by atomic mass is 10.1. The summed E-state index contributed by atoms with van der Waals surface area (Å²) in [5.74, 6) is -1.25. The predicted octanol–water partition coefficient (Wildman–Crippen LogP) is 2.99. The van der Waals surface area contributed by atoms with Gasteiger partial charge in [-0.2, -0.15) is 0 Å². The first kappa shape index (κ1) is 15.7. The third-order valence-corrected chi connectivity index (χ3v) is 4.17. The summed E-state index contributed by atoms with van der Waals surface area (Å²) in [6, 6.07) is 1.06. The van der Waals surface area contributed by atoms with Crippen LogP contribution in [0.4, 0.5) is 0 Å². The van der Waals surface area contributed by atoms with Gasteiger partial charge in [0.05, 0.1) is 4.88 Å². The van der Waals surface area contributed by atoms with Crippen molar-refractivity contribution in [1.82, 2.24) is 5.32 Å². The molecule has 0 aliphatic rings. The van der Waals surface area contributed by atoms with Gasteiger partial charge in [0, 0.05) is 4.88 Å². The zero-order chi connectivity index (χ0) is 14.4. The van der Waals surface area contributed by atoms with E-state index in [1.807, 2.05) is 26.8 Å². The molecular formula is C14H21NO3S. The van der Waals surface area contributed by atoms with E-state index in [0.717, 1.165) is 29.7 Å². The van der Waals surface area contributed by atoms with Crippen LogP contribution in [0.5, 0.6) is 0 Å². The fraction of sp³-hybridized carbons (Fsp3) is 0.571. The van der Waals surface area contributed by atoms with Crippen LogP contribution in [0.1, 0.15) is 53.2 Å². The topological polar surface area (TPSA) is 66.4 Å². The number of amides is 1. The first-order valence-corrected chi connectivity index (χ1v) is 7.44. The molecule has 2 N–H and O–H groups in total. The number of hydrogen-bond acceptors (Lipinski definition) is 3. The zero-order valence-corrected chi connectivity index (χ0v) is 12.5. The Morgan fingerprint density at radius 1 is 1.42 bits per heavy atom. The lowest BCUT2D eigenvalue weighted by Gasteiger charge is -2.13. The van der Waals surface area contributed by atoms with Crippen LogP contribution in [0.15, 0.2) is 6.07 Å². The first-order chi connectivity index (χ1) is 8.99. The number of aryl methyl sites for hydroxylation is 2. The Morgan fingerprint density at radius 3 is 2.58 bits per heavy atom. The zero-order valence-electron chi connectivity index (χ0n) is 11.7. The number of carbonyl (C=O) groups is 2. The molecule has 1 amide bonds. The lowest BCUT2D eigenvalue weighted by Crippen LogP contribution is -2.40. The van der Waals surface area contributed by atoms with Crippen LogP contribution in [0, 0.1) is 6.92 Å². The highest BCUT2D eigenvalue weighted by Gasteiger charge is 2.21. The van der Waals surface area contributed by atoms with Crippen LogP contribution in [0.2, 0.25) is 0 Å². The van der Waals surface area contributed by atoms with Crippen molar-refractivity contribution < 1.29 is 14.7 Å². The summed E-state index contributed by atoms with van der Waals surface area (Å²) in [5, 5.41) is 11.7. The molecule has 0 saturated heterocycles. The van der Waals surface area contributed by atoms with E-state index in [4.69, 9.17) is 5.11 Å². The summed E-state index contributed by atoms with van der Waals surface area (Å²) in [7, 11) is 0. The molecule has 0 saturated carbocycles. The van der Waals surface area contributed by atoms with Crippen LogP contribution in [0.25, 0.3) is 0 Å². The van der Waals surface area contributed by atoms with E-state index in [1.165, 1.54) is 11.3 Å². The fourth-order valence-electron chi connectivity index (χ4n) is 1.88. The minimum Gasteiger partial charge on any atom is -0.480 e. The standard InChI is InChI=1S/C14H21NO3S/c1-4-6-7-11(14(17)18)15-13(16)12-8-10(5-2)9(3)19-12/h8,11H,4-7H2,1-3H3,(H,15,16)(H,17,18)/t11-/m0/s1. The maximum Gasteiger partial charge on any atom is 0.326 e.